The largest absolute Gasteiger partial charge is 0.310 e. The van der Waals surface area contributed by atoms with Crippen LogP contribution in [0.25, 0.3) is 0 Å². The number of nitrogens with one attached hydrogen (secondary N) is 1. The second-order valence-corrected chi connectivity index (χ2v) is 6.12. The van der Waals surface area contributed by atoms with Crippen molar-refractivity contribution in [3.05, 3.63) is 53.9 Å². The summed E-state index contributed by atoms with van der Waals surface area (Å²) in [7, 11) is 0. The average molecular weight is 298 g/mol. The summed E-state index contributed by atoms with van der Waals surface area (Å²) in [6, 6.07) is 11.4. The van der Waals surface area contributed by atoms with E-state index in [0.29, 0.717) is 6.04 Å². The normalized spacial score (nSPS) is 17.0. The summed E-state index contributed by atoms with van der Waals surface area (Å²) in [5.41, 5.74) is 2.70. The summed E-state index contributed by atoms with van der Waals surface area (Å²) < 4.78 is 1.99. The maximum atomic E-state index is 4.33. The van der Waals surface area contributed by atoms with Crippen LogP contribution in [-0.4, -0.2) is 33.8 Å². The van der Waals surface area contributed by atoms with Gasteiger partial charge < -0.3 is 5.32 Å². The van der Waals surface area contributed by atoms with Crippen LogP contribution in [0.15, 0.2) is 42.7 Å². The third-order valence-corrected chi connectivity index (χ3v) is 4.44. The van der Waals surface area contributed by atoms with E-state index >= 15 is 0 Å². The molecule has 2 aromatic rings. The van der Waals surface area contributed by atoms with Gasteiger partial charge in [-0.2, -0.15) is 5.10 Å². The van der Waals surface area contributed by atoms with Crippen molar-refractivity contribution in [1.82, 2.24) is 20.0 Å². The highest BCUT2D eigenvalue weighted by atomic mass is 15.3. The Hall–Kier alpha value is -1.65. The number of hydrogen-bond donors (Lipinski definition) is 1. The molecule has 1 saturated heterocycles. The maximum Gasteiger partial charge on any atom is 0.0534 e. The molecule has 1 aliphatic heterocycles. The maximum absolute atomic E-state index is 4.33. The number of benzene rings is 1. The van der Waals surface area contributed by atoms with Gasteiger partial charge in [0.25, 0.3) is 0 Å². The lowest BCUT2D eigenvalue weighted by Crippen LogP contribution is -2.41. The third kappa shape index (κ3) is 4.18. The first-order chi connectivity index (χ1) is 10.8. The number of likely N-dealkylation sites (tertiary alicyclic amines) is 1. The van der Waals surface area contributed by atoms with Crippen molar-refractivity contribution in [2.75, 3.05) is 13.1 Å². The van der Waals surface area contributed by atoms with E-state index in [9.17, 15) is 0 Å². The zero-order chi connectivity index (χ0) is 15.2. The molecule has 0 amide bonds. The SMILES string of the molecule is CCn1cc(CNC2CCN(Cc3ccccc3)CC2)cn1. The Morgan fingerprint density at radius 3 is 2.59 bits per heavy atom. The van der Waals surface area contributed by atoms with E-state index < -0.39 is 0 Å². The van der Waals surface area contributed by atoms with Crippen LogP contribution in [0.2, 0.25) is 0 Å². The predicted molar refractivity (Wildman–Crippen MR) is 89.5 cm³/mol. The number of hydrogen-bond acceptors (Lipinski definition) is 3. The smallest absolute Gasteiger partial charge is 0.0534 e. The van der Waals surface area contributed by atoms with Crippen LogP contribution in [0.4, 0.5) is 0 Å². The van der Waals surface area contributed by atoms with Gasteiger partial charge in [-0.25, -0.2) is 0 Å². The van der Waals surface area contributed by atoms with E-state index in [1.54, 1.807) is 0 Å². The lowest BCUT2D eigenvalue weighted by molar-refractivity contribution is 0.190. The molecule has 4 heteroatoms. The molecule has 1 fully saturated rings. The second-order valence-electron chi connectivity index (χ2n) is 6.12. The molecule has 2 heterocycles. The summed E-state index contributed by atoms with van der Waals surface area (Å²) in [6.45, 7) is 7.44. The molecule has 22 heavy (non-hydrogen) atoms. The Bertz CT molecular complexity index is 555. The first-order valence-electron chi connectivity index (χ1n) is 8.34. The molecule has 1 N–H and O–H groups in total. The minimum absolute atomic E-state index is 0.636. The second kappa shape index (κ2) is 7.56. The Labute approximate surface area is 133 Å². The quantitative estimate of drug-likeness (QED) is 0.890. The summed E-state index contributed by atoms with van der Waals surface area (Å²) in [5, 5.41) is 8.01. The van der Waals surface area contributed by atoms with Crippen LogP contribution < -0.4 is 5.32 Å². The van der Waals surface area contributed by atoms with Crippen LogP contribution in [0.3, 0.4) is 0 Å². The van der Waals surface area contributed by atoms with E-state index in [2.05, 4.69) is 58.8 Å². The fourth-order valence-corrected chi connectivity index (χ4v) is 3.07. The van der Waals surface area contributed by atoms with Gasteiger partial charge in [0.2, 0.25) is 0 Å². The topological polar surface area (TPSA) is 33.1 Å². The molecule has 1 aromatic carbocycles. The first-order valence-corrected chi connectivity index (χ1v) is 8.34. The van der Waals surface area contributed by atoms with Gasteiger partial charge >= 0.3 is 0 Å². The summed E-state index contributed by atoms with van der Waals surface area (Å²) in [4.78, 5) is 2.56. The molecular weight excluding hydrogens is 272 g/mol. The minimum atomic E-state index is 0.636. The number of piperidine rings is 1. The van der Waals surface area contributed by atoms with Crippen molar-refractivity contribution >= 4 is 0 Å². The highest BCUT2D eigenvalue weighted by molar-refractivity contribution is 5.14. The molecule has 0 radical (unpaired) electrons. The Morgan fingerprint density at radius 1 is 1.14 bits per heavy atom. The van der Waals surface area contributed by atoms with Gasteiger partial charge in [0.1, 0.15) is 0 Å². The van der Waals surface area contributed by atoms with E-state index in [-0.39, 0.29) is 0 Å². The van der Waals surface area contributed by atoms with Gasteiger partial charge in [-0.05, 0) is 38.4 Å². The van der Waals surface area contributed by atoms with Crippen LogP contribution in [-0.2, 0) is 19.6 Å². The Kier molecular flexibility index (Phi) is 5.24. The highest BCUT2D eigenvalue weighted by Crippen LogP contribution is 2.14. The lowest BCUT2D eigenvalue weighted by Gasteiger charge is -2.32. The van der Waals surface area contributed by atoms with Crippen molar-refractivity contribution in [3.8, 4) is 0 Å². The summed E-state index contributed by atoms with van der Waals surface area (Å²) >= 11 is 0. The van der Waals surface area contributed by atoms with Gasteiger partial charge in [0, 0.05) is 37.4 Å². The predicted octanol–water partition coefficient (Wildman–Crippen LogP) is 2.66. The van der Waals surface area contributed by atoms with Crippen molar-refractivity contribution in [2.45, 2.75) is 45.4 Å². The van der Waals surface area contributed by atoms with Crippen molar-refractivity contribution in [3.63, 3.8) is 0 Å². The van der Waals surface area contributed by atoms with Gasteiger partial charge in [0.05, 0.1) is 6.20 Å². The Morgan fingerprint density at radius 2 is 1.91 bits per heavy atom. The lowest BCUT2D eigenvalue weighted by atomic mass is 10.0. The molecule has 1 aliphatic rings. The highest BCUT2D eigenvalue weighted by Gasteiger charge is 2.18. The number of aryl methyl sites for hydroxylation is 1. The van der Waals surface area contributed by atoms with E-state index in [1.165, 1.54) is 37.1 Å². The zero-order valence-electron chi connectivity index (χ0n) is 13.4. The van der Waals surface area contributed by atoms with E-state index in [1.807, 2.05) is 10.9 Å². The number of nitrogens with zero attached hydrogens (tertiary/aromatic N) is 3. The third-order valence-electron chi connectivity index (χ3n) is 4.44. The standard InChI is InChI=1S/C18H26N4/c1-2-22-15-17(13-20-22)12-19-18-8-10-21(11-9-18)14-16-6-4-3-5-7-16/h3-7,13,15,18-19H,2,8-12,14H2,1H3. The van der Waals surface area contributed by atoms with Crippen LogP contribution in [0.1, 0.15) is 30.9 Å². The number of aromatic nitrogens is 2. The molecular formula is C18H26N4. The molecule has 0 unspecified atom stereocenters. The molecule has 4 nitrogen and oxygen atoms in total. The van der Waals surface area contributed by atoms with Gasteiger partial charge in [-0.1, -0.05) is 30.3 Å². The van der Waals surface area contributed by atoms with Crippen molar-refractivity contribution in [1.29, 1.82) is 0 Å². The molecule has 3 rings (SSSR count). The van der Waals surface area contributed by atoms with Crippen LogP contribution in [0.5, 0.6) is 0 Å². The minimum Gasteiger partial charge on any atom is -0.310 e. The molecule has 1 aromatic heterocycles. The average Bonchev–Trinajstić information content (AvgIpc) is 3.03. The van der Waals surface area contributed by atoms with Crippen LogP contribution in [0, 0.1) is 0 Å². The van der Waals surface area contributed by atoms with Gasteiger partial charge in [-0.3, -0.25) is 9.58 Å². The first kappa shape index (κ1) is 15.3. The van der Waals surface area contributed by atoms with Crippen molar-refractivity contribution in [2.24, 2.45) is 0 Å². The zero-order valence-corrected chi connectivity index (χ0v) is 13.4. The molecule has 0 spiro atoms. The monoisotopic (exact) mass is 298 g/mol. The summed E-state index contributed by atoms with van der Waals surface area (Å²) in [6.07, 6.45) is 6.57. The fraction of sp³-hybridized carbons (Fsp3) is 0.500. The van der Waals surface area contributed by atoms with E-state index in [4.69, 9.17) is 0 Å². The number of rotatable bonds is 6. The molecule has 0 bridgehead atoms. The van der Waals surface area contributed by atoms with Gasteiger partial charge in [0.15, 0.2) is 0 Å². The van der Waals surface area contributed by atoms with E-state index in [0.717, 1.165) is 19.6 Å². The molecule has 0 atom stereocenters. The molecule has 0 aliphatic carbocycles. The molecule has 118 valence electrons. The molecule has 0 saturated carbocycles. The summed E-state index contributed by atoms with van der Waals surface area (Å²) in [5.74, 6) is 0. The van der Waals surface area contributed by atoms with Gasteiger partial charge in [-0.15, -0.1) is 0 Å². The Balaban J connectivity index is 1.40. The van der Waals surface area contributed by atoms with Crippen molar-refractivity contribution < 1.29 is 0 Å². The van der Waals surface area contributed by atoms with Crippen LogP contribution >= 0.6 is 0 Å². The fourth-order valence-electron chi connectivity index (χ4n) is 3.07.